The maximum atomic E-state index is 12.1. The third-order valence-electron chi connectivity index (χ3n) is 5.26. The van der Waals surface area contributed by atoms with E-state index in [2.05, 4.69) is 39.1 Å². The molecule has 9 nitrogen and oxygen atoms in total. The van der Waals surface area contributed by atoms with Gasteiger partial charge in [-0.3, -0.25) is 9.48 Å². The number of anilines is 1. The third kappa shape index (κ3) is 3.98. The molecule has 0 aliphatic carbocycles. The van der Waals surface area contributed by atoms with Crippen molar-refractivity contribution in [2.45, 2.75) is 20.4 Å². The fourth-order valence-corrected chi connectivity index (χ4v) is 3.61. The number of pyridine rings is 2. The zero-order valence-corrected chi connectivity index (χ0v) is 18.2. The van der Waals surface area contributed by atoms with Crippen molar-refractivity contribution in [1.29, 1.82) is 0 Å². The summed E-state index contributed by atoms with van der Waals surface area (Å²) in [6, 6.07) is 7.76. The summed E-state index contributed by atoms with van der Waals surface area (Å²) in [5.41, 5.74) is 3.60. The van der Waals surface area contributed by atoms with Gasteiger partial charge in [0.15, 0.2) is 5.65 Å². The lowest BCUT2D eigenvalue weighted by Gasteiger charge is -2.19. The van der Waals surface area contributed by atoms with Gasteiger partial charge >= 0.3 is 0 Å². The molecule has 0 bridgehead atoms. The van der Waals surface area contributed by atoms with E-state index in [0.717, 1.165) is 36.0 Å². The first-order valence-electron chi connectivity index (χ1n) is 10.3. The van der Waals surface area contributed by atoms with Gasteiger partial charge in [-0.05, 0) is 38.1 Å². The van der Waals surface area contributed by atoms with Gasteiger partial charge in [-0.15, -0.1) is 0 Å². The van der Waals surface area contributed by atoms with Crippen molar-refractivity contribution in [2.24, 2.45) is 7.05 Å². The Labute approximate surface area is 180 Å². The van der Waals surface area contributed by atoms with E-state index in [9.17, 15) is 4.79 Å². The van der Waals surface area contributed by atoms with Crippen molar-refractivity contribution < 1.29 is 4.79 Å². The van der Waals surface area contributed by atoms with Crippen LogP contribution >= 0.6 is 0 Å². The molecule has 4 rings (SSSR count). The molecule has 0 aliphatic rings. The van der Waals surface area contributed by atoms with Gasteiger partial charge in [-0.25, -0.2) is 15.0 Å². The molecule has 0 radical (unpaired) electrons. The van der Waals surface area contributed by atoms with Crippen LogP contribution in [0.15, 0.2) is 42.9 Å². The van der Waals surface area contributed by atoms with Crippen LogP contribution in [0.1, 0.15) is 29.9 Å². The van der Waals surface area contributed by atoms with Crippen LogP contribution in [0, 0.1) is 0 Å². The lowest BCUT2D eigenvalue weighted by molar-refractivity contribution is 0.0963. The van der Waals surface area contributed by atoms with Crippen molar-refractivity contribution in [1.82, 2.24) is 34.6 Å². The summed E-state index contributed by atoms with van der Waals surface area (Å²) in [5.74, 6) is 1.47. The zero-order valence-electron chi connectivity index (χ0n) is 18.2. The molecule has 1 N–H and O–H groups in total. The number of nitrogens with one attached hydrogen (secondary N) is 1. The number of hydrogen-bond acceptors (Lipinski definition) is 6. The van der Waals surface area contributed by atoms with Crippen molar-refractivity contribution in [3.05, 3.63) is 54.1 Å². The molecule has 4 heterocycles. The Bertz CT molecular complexity index is 1200. The molecule has 4 aromatic heterocycles. The van der Waals surface area contributed by atoms with Crippen LogP contribution in [0.4, 0.5) is 5.82 Å². The summed E-state index contributed by atoms with van der Waals surface area (Å²) >= 11 is 0. The number of hydrogen-bond donors (Lipinski definition) is 1. The molecule has 0 unspecified atom stereocenters. The Morgan fingerprint density at radius 1 is 1.13 bits per heavy atom. The standard InChI is InChI=1S/C22H26N8O/c1-5-29(6-2)19-8-7-15(12-24-19)20-26-18-11-16(22(31)23-3)13-25-21(18)30(20)14-17-9-10-28(4)27-17/h7-13H,5-6,14H2,1-4H3,(H,23,31). The largest absolute Gasteiger partial charge is 0.357 e. The first-order chi connectivity index (χ1) is 15.0. The second-order valence-electron chi connectivity index (χ2n) is 7.23. The van der Waals surface area contributed by atoms with Gasteiger partial charge in [0.05, 0.1) is 17.8 Å². The summed E-state index contributed by atoms with van der Waals surface area (Å²) in [6.07, 6.45) is 5.32. The summed E-state index contributed by atoms with van der Waals surface area (Å²) in [6.45, 7) is 6.53. The molecule has 0 aliphatic heterocycles. The summed E-state index contributed by atoms with van der Waals surface area (Å²) in [4.78, 5) is 28.3. The monoisotopic (exact) mass is 418 g/mol. The van der Waals surface area contributed by atoms with E-state index in [-0.39, 0.29) is 5.91 Å². The number of fused-ring (bicyclic) bond motifs is 1. The van der Waals surface area contributed by atoms with Crippen molar-refractivity contribution >= 4 is 22.9 Å². The average Bonchev–Trinajstić information content (AvgIpc) is 3.37. The Hall–Kier alpha value is -3.75. The molecule has 31 heavy (non-hydrogen) atoms. The van der Waals surface area contributed by atoms with E-state index in [4.69, 9.17) is 4.98 Å². The minimum absolute atomic E-state index is 0.194. The van der Waals surface area contributed by atoms with Gasteiger partial charge in [0, 0.05) is 51.3 Å². The second-order valence-corrected chi connectivity index (χ2v) is 7.23. The lowest BCUT2D eigenvalue weighted by Crippen LogP contribution is -2.22. The van der Waals surface area contributed by atoms with Crippen LogP contribution in [0.25, 0.3) is 22.6 Å². The van der Waals surface area contributed by atoms with E-state index in [1.165, 1.54) is 0 Å². The fraction of sp³-hybridized carbons (Fsp3) is 0.318. The highest BCUT2D eigenvalue weighted by molar-refractivity contribution is 5.96. The second kappa shape index (κ2) is 8.55. The highest BCUT2D eigenvalue weighted by Gasteiger charge is 2.17. The zero-order chi connectivity index (χ0) is 22.0. The lowest BCUT2D eigenvalue weighted by atomic mass is 10.2. The fourth-order valence-electron chi connectivity index (χ4n) is 3.61. The molecule has 9 heteroatoms. The van der Waals surface area contributed by atoms with Crippen LogP contribution in [0.5, 0.6) is 0 Å². The Kier molecular flexibility index (Phi) is 5.66. The Morgan fingerprint density at radius 3 is 2.55 bits per heavy atom. The molecule has 0 aromatic carbocycles. The number of rotatable bonds is 7. The van der Waals surface area contributed by atoms with Crippen molar-refractivity contribution in [2.75, 3.05) is 25.0 Å². The van der Waals surface area contributed by atoms with Crippen LogP contribution in [0.2, 0.25) is 0 Å². The van der Waals surface area contributed by atoms with E-state index >= 15 is 0 Å². The molecule has 1 amide bonds. The molecule has 0 fully saturated rings. The highest BCUT2D eigenvalue weighted by atomic mass is 16.1. The number of imidazole rings is 1. The molecular weight excluding hydrogens is 392 g/mol. The Balaban J connectivity index is 1.82. The molecule has 0 saturated carbocycles. The number of aromatic nitrogens is 6. The van der Waals surface area contributed by atoms with E-state index < -0.39 is 0 Å². The molecule has 4 aromatic rings. The van der Waals surface area contributed by atoms with Gasteiger partial charge in [-0.1, -0.05) is 0 Å². The van der Waals surface area contributed by atoms with Crippen LogP contribution in [-0.2, 0) is 13.6 Å². The normalized spacial score (nSPS) is 11.1. The number of carbonyl (C=O) groups is 1. The topological polar surface area (TPSA) is 93.8 Å². The van der Waals surface area contributed by atoms with E-state index in [1.807, 2.05) is 42.2 Å². The van der Waals surface area contributed by atoms with Crippen LogP contribution in [-0.4, -0.2) is 55.3 Å². The van der Waals surface area contributed by atoms with Crippen molar-refractivity contribution in [3.63, 3.8) is 0 Å². The predicted octanol–water partition coefficient (Wildman–Crippen LogP) is 2.48. The number of nitrogens with zero attached hydrogens (tertiary/aromatic N) is 7. The number of carbonyl (C=O) groups excluding carboxylic acids is 1. The first-order valence-corrected chi connectivity index (χ1v) is 10.3. The molecule has 0 spiro atoms. The Morgan fingerprint density at radius 2 is 1.94 bits per heavy atom. The highest BCUT2D eigenvalue weighted by Crippen LogP contribution is 2.26. The van der Waals surface area contributed by atoms with Gasteiger partial charge < -0.3 is 14.8 Å². The third-order valence-corrected chi connectivity index (χ3v) is 5.26. The summed E-state index contributed by atoms with van der Waals surface area (Å²) in [5, 5.41) is 7.13. The molecule has 0 saturated heterocycles. The van der Waals surface area contributed by atoms with Crippen molar-refractivity contribution in [3.8, 4) is 11.4 Å². The summed E-state index contributed by atoms with van der Waals surface area (Å²) in [7, 11) is 3.49. The average molecular weight is 419 g/mol. The number of aryl methyl sites for hydroxylation is 1. The minimum Gasteiger partial charge on any atom is -0.357 e. The molecular formula is C22H26N8O. The smallest absolute Gasteiger partial charge is 0.252 e. The van der Waals surface area contributed by atoms with Gasteiger partial charge in [0.25, 0.3) is 5.91 Å². The van der Waals surface area contributed by atoms with E-state index in [0.29, 0.717) is 23.3 Å². The minimum atomic E-state index is -0.194. The summed E-state index contributed by atoms with van der Waals surface area (Å²) < 4.78 is 3.78. The van der Waals surface area contributed by atoms with Crippen LogP contribution < -0.4 is 10.2 Å². The number of amides is 1. The molecule has 160 valence electrons. The van der Waals surface area contributed by atoms with E-state index in [1.54, 1.807) is 24.0 Å². The predicted molar refractivity (Wildman–Crippen MR) is 120 cm³/mol. The SMILES string of the molecule is CCN(CC)c1ccc(-c2nc3cc(C(=O)NC)cnc3n2Cc2ccn(C)n2)cn1. The molecule has 0 atom stereocenters. The first kappa shape index (κ1) is 20.5. The van der Waals surface area contributed by atoms with Gasteiger partial charge in [0.1, 0.15) is 17.2 Å². The maximum Gasteiger partial charge on any atom is 0.252 e. The quantitative estimate of drug-likeness (QED) is 0.496. The maximum absolute atomic E-state index is 12.1. The van der Waals surface area contributed by atoms with Gasteiger partial charge in [0.2, 0.25) is 0 Å². The van der Waals surface area contributed by atoms with Crippen LogP contribution in [0.3, 0.4) is 0 Å². The van der Waals surface area contributed by atoms with Gasteiger partial charge in [-0.2, -0.15) is 5.10 Å².